The number of benzene rings is 1. The number of likely N-dealkylation sites (tertiary alicyclic amines) is 1. The van der Waals surface area contributed by atoms with Gasteiger partial charge in [-0.1, -0.05) is 19.1 Å². The van der Waals surface area contributed by atoms with E-state index in [0.29, 0.717) is 5.92 Å². The summed E-state index contributed by atoms with van der Waals surface area (Å²) in [6, 6.07) is 6.24. The molecule has 2 atom stereocenters. The molecule has 0 aliphatic carbocycles. The molecule has 1 saturated heterocycles. The van der Waals surface area contributed by atoms with Gasteiger partial charge in [-0.3, -0.25) is 9.69 Å². The molecule has 0 radical (unpaired) electrons. The summed E-state index contributed by atoms with van der Waals surface area (Å²) in [5.74, 6) is 0.942. The van der Waals surface area contributed by atoms with Crippen LogP contribution in [0.5, 0.6) is 0 Å². The normalized spacial score (nSPS) is 21.2. The Bertz CT molecular complexity index is 701. The quantitative estimate of drug-likeness (QED) is 0.866. The smallest absolute Gasteiger partial charge is 0.182 e. The van der Waals surface area contributed by atoms with Crippen LogP contribution < -0.4 is 0 Å². The van der Waals surface area contributed by atoms with E-state index in [9.17, 15) is 4.79 Å². The van der Waals surface area contributed by atoms with Crippen LogP contribution in [0.1, 0.15) is 48.3 Å². The van der Waals surface area contributed by atoms with Gasteiger partial charge < -0.3 is 4.98 Å². The predicted molar refractivity (Wildman–Crippen MR) is 91.5 cm³/mol. The van der Waals surface area contributed by atoms with Crippen LogP contribution in [0.2, 0.25) is 0 Å². The molecule has 2 aromatic rings. The van der Waals surface area contributed by atoms with E-state index in [4.69, 9.17) is 0 Å². The number of aromatic nitrogens is 1. The highest BCUT2D eigenvalue weighted by molar-refractivity contribution is 6.11. The summed E-state index contributed by atoms with van der Waals surface area (Å²) in [7, 11) is 0. The van der Waals surface area contributed by atoms with Crippen LogP contribution in [-0.4, -0.2) is 34.8 Å². The van der Waals surface area contributed by atoms with Crippen molar-refractivity contribution >= 4 is 16.7 Å². The number of hydrogen-bond donors (Lipinski definition) is 1. The summed E-state index contributed by atoms with van der Waals surface area (Å²) < 4.78 is 0. The van der Waals surface area contributed by atoms with Crippen molar-refractivity contribution in [2.75, 3.05) is 13.1 Å². The average molecular weight is 298 g/mol. The first-order chi connectivity index (χ1) is 10.5. The molecule has 1 N–H and O–H groups in total. The van der Waals surface area contributed by atoms with Crippen LogP contribution in [0.25, 0.3) is 10.9 Å². The number of nitrogens with zero attached hydrogens (tertiary/aromatic N) is 1. The summed E-state index contributed by atoms with van der Waals surface area (Å²) in [5, 5.41) is 1.06. The van der Waals surface area contributed by atoms with Crippen molar-refractivity contribution in [2.45, 2.75) is 46.6 Å². The van der Waals surface area contributed by atoms with Crippen molar-refractivity contribution in [1.29, 1.82) is 0 Å². The first-order valence-corrected chi connectivity index (χ1v) is 8.34. The van der Waals surface area contributed by atoms with Crippen LogP contribution in [0.15, 0.2) is 18.2 Å². The standard InChI is InChI=1S/C19H26N2O/c1-12-7-8-16-17(10-12)20-14(3)18(16)19(22)15(4)21-9-5-6-13(2)11-21/h7-8,10,13,15,20H,5-6,9,11H2,1-4H3/t13-,15+/m1/s1. The third-order valence-corrected chi connectivity index (χ3v) is 5.00. The minimum Gasteiger partial charge on any atom is -0.358 e. The lowest BCUT2D eigenvalue weighted by Gasteiger charge is -2.34. The number of rotatable bonds is 3. The van der Waals surface area contributed by atoms with Gasteiger partial charge in [0.15, 0.2) is 5.78 Å². The van der Waals surface area contributed by atoms with E-state index >= 15 is 0 Å². The fraction of sp³-hybridized carbons (Fsp3) is 0.526. The Morgan fingerprint density at radius 3 is 2.86 bits per heavy atom. The maximum Gasteiger partial charge on any atom is 0.182 e. The molecule has 3 heteroatoms. The number of fused-ring (bicyclic) bond motifs is 1. The Morgan fingerprint density at radius 2 is 2.14 bits per heavy atom. The van der Waals surface area contributed by atoms with Gasteiger partial charge >= 0.3 is 0 Å². The van der Waals surface area contributed by atoms with Gasteiger partial charge in [0.1, 0.15) is 0 Å². The summed E-state index contributed by atoms with van der Waals surface area (Å²) in [4.78, 5) is 18.8. The molecular formula is C19H26N2O. The molecule has 1 aliphatic heterocycles. The monoisotopic (exact) mass is 298 g/mol. The second-order valence-corrected chi connectivity index (χ2v) is 6.96. The number of ketones is 1. The largest absolute Gasteiger partial charge is 0.358 e. The van der Waals surface area contributed by atoms with Gasteiger partial charge in [0.05, 0.1) is 6.04 Å². The Kier molecular flexibility index (Phi) is 4.09. The second-order valence-electron chi connectivity index (χ2n) is 6.96. The van der Waals surface area contributed by atoms with E-state index in [1.54, 1.807) is 0 Å². The molecule has 22 heavy (non-hydrogen) atoms. The molecule has 2 heterocycles. The number of carbonyl (C=O) groups is 1. The third-order valence-electron chi connectivity index (χ3n) is 5.00. The van der Waals surface area contributed by atoms with Gasteiger partial charge in [0, 0.05) is 28.7 Å². The predicted octanol–water partition coefficient (Wildman–Crippen LogP) is 4.09. The molecular weight excluding hydrogens is 272 g/mol. The van der Waals surface area contributed by atoms with Crippen molar-refractivity contribution in [3.63, 3.8) is 0 Å². The Labute approximate surface area is 132 Å². The SMILES string of the molecule is Cc1ccc2c(C(=O)[C@H](C)N3CCC[C@@H](C)C3)c(C)[nH]c2c1. The van der Waals surface area contributed by atoms with E-state index in [1.807, 2.05) is 6.92 Å². The van der Waals surface area contributed by atoms with E-state index in [-0.39, 0.29) is 11.8 Å². The molecule has 0 bridgehead atoms. The minimum absolute atomic E-state index is 0.0400. The second kappa shape index (κ2) is 5.88. The molecule has 1 aromatic carbocycles. The number of carbonyl (C=O) groups excluding carboxylic acids is 1. The highest BCUT2D eigenvalue weighted by Gasteiger charge is 2.28. The third kappa shape index (κ3) is 2.70. The van der Waals surface area contributed by atoms with Crippen LogP contribution in [0.4, 0.5) is 0 Å². The minimum atomic E-state index is -0.0400. The Balaban J connectivity index is 1.93. The molecule has 118 valence electrons. The molecule has 0 unspecified atom stereocenters. The number of aromatic amines is 1. The van der Waals surface area contributed by atoms with Crippen LogP contribution >= 0.6 is 0 Å². The molecule has 1 aromatic heterocycles. The Hall–Kier alpha value is -1.61. The topological polar surface area (TPSA) is 36.1 Å². The fourth-order valence-electron chi connectivity index (χ4n) is 3.72. The number of aryl methyl sites for hydroxylation is 2. The van der Waals surface area contributed by atoms with Gasteiger partial charge in [-0.15, -0.1) is 0 Å². The first-order valence-electron chi connectivity index (χ1n) is 8.34. The van der Waals surface area contributed by atoms with Crippen molar-refractivity contribution in [2.24, 2.45) is 5.92 Å². The van der Waals surface area contributed by atoms with E-state index in [1.165, 1.54) is 18.4 Å². The number of hydrogen-bond acceptors (Lipinski definition) is 2. The number of piperidine rings is 1. The van der Waals surface area contributed by atoms with Crippen molar-refractivity contribution in [1.82, 2.24) is 9.88 Å². The average Bonchev–Trinajstić information content (AvgIpc) is 2.80. The molecule has 0 amide bonds. The highest BCUT2D eigenvalue weighted by atomic mass is 16.1. The van der Waals surface area contributed by atoms with Crippen molar-refractivity contribution in [3.05, 3.63) is 35.0 Å². The Morgan fingerprint density at radius 1 is 1.36 bits per heavy atom. The van der Waals surface area contributed by atoms with Gasteiger partial charge in [-0.2, -0.15) is 0 Å². The molecule has 3 rings (SSSR count). The lowest BCUT2D eigenvalue weighted by Crippen LogP contribution is -2.44. The first kappa shape index (κ1) is 15.3. The maximum atomic E-state index is 13.1. The van der Waals surface area contributed by atoms with E-state index in [0.717, 1.165) is 35.2 Å². The number of H-pyrrole nitrogens is 1. The zero-order valence-electron chi connectivity index (χ0n) is 14.1. The van der Waals surface area contributed by atoms with Gasteiger partial charge in [-0.25, -0.2) is 0 Å². The lowest BCUT2D eigenvalue weighted by atomic mass is 9.95. The zero-order valence-corrected chi connectivity index (χ0v) is 14.1. The molecule has 0 spiro atoms. The molecule has 1 fully saturated rings. The summed E-state index contributed by atoms with van der Waals surface area (Å²) in [6.07, 6.45) is 2.48. The van der Waals surface area contributed by atoms with Crippen molar-refractivity contribution in [3.8, 4) is 0 Å². The molecule has 3 nitrogen and oxygen atoms in total. The number of nitrogens with one attached hydrogen (secondary N) is 1. The fourth-order valence-corrected chi connectivity index (χ4v) is 3.72. The van der Waals surface area contributed by atoms with Crippen molar-refractivity contribution < 1.29 is 4.79 Å². The molecule has 0 saturated carbocycles. The highest BCUT2D eigenvalue weighted by Crippen LogP contribution is 2.27. The van der Waals surface area contributed by atoms with E-state index in [2.05, 4.69) is 48.9 Å². The number of Topliss-reactive ketones (excluding diaryl/α,β-unsaturated/α-hetero) is 1. The van der Waals surface area contributed by atoms with Crippen LogP contribution in [0.3, 0.4) is 0 Å². The molecule has 1 aliphatic rings. The maximum absolute atomic E-state index is 13.1. The van der Waals surface area contributed by atoms with Crippen LogP contribution in [0, 0.1) is 19.8 Å². The summed E-state index contributed by atoms with van der Waals surface area (Å²) in [6.45, 7) is 10.5. The van der Waals surface area contributed by atoms with Gasteiger partial charge in [-0.05, 0) is 57.7 Å². The zero-order chi connectivity index (χ0) is 15.9. The lowest BCUT2D eigenvalue weighted by molar-refractivity contribution is 0.0766. The summed E-state index contributed by atoms with van der Waals surface area (Å²) in [5.41, 5.74) is 4.15. The van der Waals surface area contributed by atoms with Crippen LogP contribution in [-0.2, 0) is 0 Å². The summed E-state index contributed by atoms with van der Waals surface area (Å²) >= 11 is 0. The van der Waals surface area contributed by atoms with Gasteiger partial charge in [0.25, 0.3) is 0 Å². The van der Waals surface area contributed by atoms with Gasteiger partial charge in [0.2, 0.25) is 0 Å². The van der Waals surface area contributed by atoms with E-state index < -0.39 is 0 Å².